The summed E-state index contributed by atoms with van der Waals surface area (Å²) >= 11 is 0. The van der Waals surface area contributed by atoms with E-state index >= 15 is 0 Å². The number of aromatic nitrogens is 1. The first kappa shape index (κ1) is 15.2. The van der Waals surface area contributed by atoms with E-state index in [-0.39, 0.29) is 17.4 Å². The molecule has 0 fully saturated rings. The summed E-state index contributed by atoms with van der Waals surface area (Å²) in [6, 6.07) is 19.8. The molecular weight excluding hydrogens is 288 g/mol. The summed E-state index contributed by atoms with van der Waals surface area (Å²) in [6.07, 6.45) is 0.564. The van der Waals surface area contributed by atoms with Crippen LogP contribution in [-0.2, 0) is 6.42 Å². The Hall–Kier alpha value is -2.75. The molecule has 4 heteroatoms. The highest BCUT2D eigenvalue weighted by Crippen LogP contribution is 2.22. The zero-order valence-corrected chi connectivity index (χ0v) is 13.0. The molecule has 0 saturated heterocycles. The van der Waals surface area contributed by atoms with Gasteiger partial charge >= 0.3 is 0 Å². The molecule has 0 saturated carbocycles. The van der Waals surface area contributed by atoms with Crippen molar-refractivity contribution < 1.29 is 4.92 Å². The molecule has 4 nitrogen and oxygen atoms in total. The van der Waals surface area contributed by atoms with Crippen LogP contribution in [0.4, 0.5) is 0 Å². The minimum Gasteiger partial charge on any atom is -0.265 e. The van der Waals surface area contributed by atoms with Gasteiger partial charge in [-0.2, -0.15) is 0 Å². The largest absolute Gasteiger partial charge is 0.265 e. The Morgan fingerprint density at radius 1 is 1.04 bits per heavy atom. The van der Waals surface area contributed by atoms with Gasteiger partial charge in [0.2, 0.25) is 6.54 Å². The highest BCUT2D eigenvalue weighted by Gasteiger charge is 2.19. The van der Waals surface area contributed by atoms with Gasteiger partial charge in [-0.3, -0.25) is 15.1 Å². The molecule has 0 aliphatic heterocycles. The molecule has 1 heterocycles. The number of para-hydroxylation sites is 1. The lowest BCUT2D eigenvalue weighted by molar-refractivity contribution is -0.483. The zero-order chi connectivity index (χ0) is 16.2. The maximum Gasteiger partial charge on any atom is 0.211 e. The molecule has 1 unspecified atom stereocenters. The lowest BCUT2D eigenvalue weighted by Crippen LogP contribution is -2.15. The Morgan fingerprint density at radius 3 is 2.52 bits per heavy atom. The van der Waals surface area contributed by atoms with Crippen LogP contribution in [0.1, 0.15) is 22.7 Å². The predicted octanol–water partition coefficient (Wildman–Crippen LogP) is 4.15. The molecule has 1 aromatic heterocycles. The van der Waals surface area contributed by atoms with E-state index in [1.54, 1.807) is 0 Å². The Balaban J connectivity index is 1.89. The van der Waals surface area contributed by atoms with Gasteiger partial charge in [-0.1, -0.05) is 54.1 Å². The van der Waals surface area contributed by atoms with Crippen LogP contribution in [0.2, 0.25) is 0 Å². The van der Waals surface area contributed by atoms with Crippen molar-refractivity contribution in [1.29, 1.82) is 0 Å². The molecule has 23 heavy (non-hydrogen) atoms. The average molecular weight is 306 g/mol. The third kappa shape index (κ3) is 3.72. The number of rotatable bonds is 5. The van der Waals surface area contributed by atoms with Crippen molar-refractivity contribution >= 4 is 10.9 Å². The first-order valence-corrected chi connectivity index (χ1v) is 7.65. The van der Waals surface area contributed by atoms with Gasteiger partial charge in [-0.05, 0) is 24.6 Å². The van der Waals surface area contributed by atoms with Gasteiger partial charge in [0.25, 0.3) is 0 Å². The summed E-state index contributed by atoms with van der Waals surface area (Å²) in [5.74, 6) is -0.167. The maximum absolute atomic E-state index is 11.0. The van der Waals surface area contributed by atoms with E-state index in [0.29, 0.717) is 6.42 Å². The van der Waals surface area contributed by atoms with E-state index in [9.17, 15) is 10.1 Å². The van der Waals surface area contributed by atoms with E-state index in [4.69, 9.17) is 0 Å². The molecular formula is C19H18N2O2. The van der Waals surface area contributed by atoms with Gasteiger partial charge in [-0.15, -0.1) is 0 Å². The smallest absolute Gasteiger partial charge is 0.211 e. The van der Waals surface area contributed by atoms with Crippen LogP contribution in [0.25, 0.3) is 10.9 Å². The molecule has 0 bridgehead atoms. The lowest BCUT2D eigenvalue weighted by atomic mass is 9.93. The summed E-state index contributed by atoms with van der Waals surface area (Å²) < 4.78 is 0. The highest BCUT2D eigenvalue weighted by atomic mass is 16.6. The van der Waals surface area contributed by atoms with E-state index in [1.165, 1.54) is 0 Å². The lowest BCUT2D eigenvalue weighted by Gasteiger charge is -2.13. The van der Waals surface area contributed by atoms with Crippen molar-refractivity contribution in [2.75, 3.05) is 6.54 Å². The fourth-order valence-electron chi connectivity index (χ4n) is 2.78. The molecule has 0 N–H and O–H groups in total. The van der Waals surface area contributed by atoms with E-state index < -0.39 is 0 Å². The van der Waals surface area contributed by atoms with Crippen molar-refractivity contribution in [3.63, 3.8) is 0 Å². The quantitative estimate of drug-likeness (QED) is 0.525. The van der Waals surface area contributed by atoms with Crippen molar-refractivity contribution in [3.05, 3.63) is 87.6 Å². The van der Waals surface area contributed by atoms with Crippen LogP contribution in [0.5, 0.6) is 0 Å². The zero-order valence-electron chi connectivity index (χ0n) is 13.0. The maximum atomic E-state index is 11.0. The van der Waals surface area contributed by atoms with Crippen LogP contribution in [0, 0.1) is 17.0 Å². The molecule has 0 aliphatic rings. The molecule has 3 aromatic rings. The topological polar surface area (TPSA) is 56.0 Å². The number of nitro groups is 1. The number of nitrogens with zero attached hydrogens (tertiary/aromatic N) is 2. The average Bonchev–Trinajstić information content (AvgIpc) is 2.54. The molecule has 2 aromatic carbocycles. The van der Waals surface area contributed by atoms with Crippen molar-refractivity contribution in [1.82, 2.24) is 4.98 Å². The fourth-order valence-corrected chi connectivity index (χ4v) is 2.78. The van der Waals surface area contributed by atoms with Gasteiger partial charge in [-0.25, -0.2) is 0 Å². The summed E-state index contributed by atoms with van der Waals surface area (Å²) in [7, 11) is 0. The minimum absolute atomic E-state index is 0.0857. The van der Waals surface area contributed by atoms with Gasteiger partial charge in [0, 0.05) is 22.4 Å². The van der Waals surface area contributed by atoms with Crippen LogP contribution in [-0.4, -0.2) is 16.5 Å². The number of benzene rings is 2. The van der Waals surface area contributed by atoms with Gasteiger partial charge < -0.3 is 0 Å². The summed E-state index contributed by atoms with van der Waals surface area (Å²) in [4.78, 5) is 15.4. The Kier molecular flexibility index (Phi) is 4.33. The SMILES string of the molecule is Cc1ccc(C(Cc2ccc3ccccc3n2)C[N+](=O)[O-])cc1. The Bertz CT molecular complexity index is 828. The summed E-state index contributed by atoms with van der Waals surface area (Å²) in [5.41, 5.74) is 3.95. The second kappa shape index (κ2) is 6.57. The third-order valence-electron chi connectivity index (χ3n) is 4.03. The van der Waals surface area contributed by atoms with Crippen LogP contribution < -0.4 is 0 Å². The number of hydrogen-bond donors (Lipinski definition) is 0. The van der Waals surface area contributed by atoms with E-state index in [1.807, 2.05) is 67.6 Å². The molecule has 116 valence electrons. The van der Waals surface area contributed by atoms with E-state index in [2.05, 4.69) is 4.98 Å². The van der Waals surface area contributed by atoms with Crippen molar-refractivity contribution in [3.8, 4) is 0 Å². The molecule has 0 aliphatic carbocycles. The second-order valence-corrected chi connectivity index (χ2v) is 5.82. The number of pyridine rings is 1. The normalized spacial score (nSPS) is 12.2. The van der Waals surface area contributed by atoms with Gasteiger partial charge in [0.05, 0.1) is 11.4 Å². The molecule has 0 spiro atoms. The molecule has 0 radical (unpaired) electrons. The molecule has 0 amide bonds. The highest BCUT2D eigenvalue weighted by molar-refractivity contribution is 5.78. The number of fused-ring (bicyclic) bond motifs is 1. The summed E-state index contributed by atoms with van der Waals surface area (Å²) in [5, 5.41) is 12.1. The predicted molar refractivity (Wildman–Crippen MR) is 91.2 cm³/mol. The van der Waals surface area contributed by atoms with Crippen LogP contribution in [0.15, 0.2) is 60.7 Å². The number of aryl methyl sites for hydroxylation is 1. The standard InChI is InChI=1S/C19H18N2O2/c1-14-6-8-15(9-7-14)17(13-21(22)23)12-18-11-10-16-4-2-3-5-19(16)20-18/h2-11,17H,12-13H2,1H3. The van der Waals surface area contributed by atoms with Gasteiger partial charge in [0.1, 0.15) is 0 Å². The Labute approximate surface area is 135 Å². The van der Waals surface area contributed by atoms with Gasteiger partial charge in [0.15, 0.2) is 0 Å². The van der Waals surface area contributed by atoms with E-state index in [0.717, 1.165) is 27.7 Å². The molecule has 1 atom stereocenters. The monoisotopic (exact) mass is 306 g/mol. The van der Waals surface area contributed by atoms with Crippen LogP contribution >= 0.6 is 0 Å². The molecule has 3 rings (SSSR count). The van der Waals surface area contributed by atoms with Crippen molar-refractivity contribution in [2.45, 2.75) is 19.3 Å². The second-order valence-electron chi connectivity index (χ2n) is 5.82. The van der Waals surface area contributed by atoms with Crippen LogP contribution in [0.3, 0.4) is 0 Å². The van der Waals surface area contributed by atoms with Crippen molar-refractivity contribution in [2.24, 2.45) is 0 Å². The Morgan fingerprint density at radius 2 is 1.78 bits per heavy atom. The first-order valence-electron chi connectivity index (χ1n) is 7.65. The number of hydrogen-bond acceptors (Lipinski definition) is 3. The fraction of sp³-hybridized carbons (Fsp3) is 0.211. The summed E-state index contributed by atoms with van der Waals surface area (Å²) in [6.45, 7) is 1.93. The first-order chi connectivity index (χ1) is 11.1. The minimum atomic E-state index is -0.244. The third-order valence-corrected chi connectivity index (χ3v) is 4.03.